The van der Waals surface area contributed by atoms with Crippen molar-refractivity contribution < 1.29 is 19.1 Å². The van der Waals surface area contributed by atoms with Crippen molar-refractivity contribution >= 4 is 12.0 Å². The molecule has 3 rings (SSSR count). The number of carbonyl (C=O) groups is 2. The van der Waals surface area contributed by atoms with E-state index in [1.807, 2.05) is 24.3 Å². The highest BCUT2D eigenvalue weighted by Crippen LogP contribution is 2.31. The summed E-state index contributed by atoms with van der Waals surface area (Å²) in [5.41, 5.74) is 1.82. The third kappa shape index (κ3) is 4.86. The number of hydrogen-bond donors (Lipinski definition) is 2. The zero-order valence-electron chi connectivity index (χ0n) is 16.9. The van der Waals surface area contributed by atoms with Crippen molar-refractivity contribution in [3.8, 4) is 5.75 Å². The minimum Gasteiger partial charge on any atom is -0.494 e. The molecule has 1 fully saturated rings. The normalized spacial score (nSPS) is 25.0. The molecule has 0 spiro atoms. The number of ether oxygens (including phenoxy) is 2. The third-order valence-corrected chi connectivity index (χ3v) is 5.41. The van der Waals surface area contributed by atoms with Crippen molar-refractivity contribution in [3.63, 3.8) is 0 Å². The van der Waals surface area contributed by atoms with Crippen molar-refractivity contribution in [1.29, 1.82) is 0 Å². The van der Waals surface area contributed by atoms with Gasteiger partial charge in [-0.3, -0.25) is 0 Å². The molecule has 0 radical (unpaired) electrons. The largest absolute Gasteiger partial charge is 0.494 e. The van der Waals surface area contributed by atoms with Gasteiger partial charge in [0.25, 0.3) is 0 Å². The Bertz CT molecular complexity index is 733. The van der Waals surface area contributed by atoms with Crippen LogP contribution in [0, 0.1) is 5.92 Å². The molecule has 1 aromatic rings. The van der Waals surface area contributed by atoms with Crippen LogP contribution in [0.25, 0.3) is 0 Å². The number of hydrogen-bond acceptors (Lipinski definition) is 4. The Morgan fingerprint density at radius 3 is 2.46 bits per heavy atom. The average Bonchev–Trinajstić information content (AvgIpc) is 2.68. The van der Waals surface area contributed by atoms with Gasteiger partial charge in [0.1, 0.15) is 11.9 Å². The summed E-state index contributed by atoms with van der Waals surface area (Å²) < 4.78 is 11.4. The van der Waals surface area contributed by atoms with Gasteiger partial charge < -0.3 is 20.1 Å². The molecule has 0 aromatic heterocycles. The van der Waals surface area contributed by atoms with Crippen LogP contribution in [0.3, 0.4) is 0 Å². The van der Waals surface area contributed by atoms with E-state index in [-0.39, 0.29) is 18.1 Å². The molecule has 1 atom stereocenters. The van der Waals surface area contributed by atoms with Crippen LogP contribution in [0.4, 0.5) is 4.79 Å². The zero-order valence-corrected chi connectivity index (χ0v) is 16.9. The van der Waals surface area contributed by atoms with Crippen LogP contribution in [0.15, 0.2) is 35.5 Å². The Balaban J connectivity index is 1.77. The first-order valence-corrected chi connectivity index (χ1v) is 10.2. The Hall–Kier alpha value is -2.50. The van der Waals surface area contributed by atoms with E-state index in [0.29, 0.717) is 23.8 Å². The topological polar surface area (TPSA) is 76.7 Å². The Kier molecular flexibility index (Phi) is 6.60. The number of allylic oxidation sites excluding steroid dienone is 1. The van der Waals surface area contributed by atoms with Crippen LogP contribution >= 0.6 is 0 Å². The van der Waals surface area contributed by atoms with Crippen molar-refractivity contribution in [2.24, 2.45) is 5.92 Å². The molecule has 2 N–H and O–H groups in total. The molecule has 1 saturated carbocycles. The van der Waals surface area contributed by atoms with Crippen molar-refractivity contribution in [2.75, 3.05) is 6.61 Å². The summed E-state index contributed by atoms with van der Waals surface area (Å²) in [4.78, 5) is 25.0. The number of nitrogens with one attached hydrogen (secondary N) is 2. The van der Waals surface area contributed by atoms with Gasteiger partial charge in [0, 0.05) is 5.70 Å². The van der Waals surface area contributed by atoms with Crippen LogP contribution in [-0.4, -0.2) is 24.7 Å². The first kappa shape index (κ1) is 20.2. The van der Waals surface area contributed by atoms with Crippen LogP contribution in [-0.2, 0) is 9.53 Å². The first-order valence-electron chi connectivity index (χ1n) is 10.2. The molecule has 2 aliphatic rings. The van der Waals surface area contributed by atoms with Gasteiger partial charge in [-0.05, 0) is 62.6 Å². The van der Waals surface area contributed by atoms with Gasteiger partial charge in [0.05, 0.1) is 18.2 Å². The number of benzene rings is 1. The predicted molar refractivity (Wildman–Crippen MR) is 107 cm³/mol. The van der Waals surface area contributed by atoms with Gasteiger partial charge in [-0.15, -0.1) is 0 Å². The molecule has 1 unspecified atom stereocenters. The summed E-state index contributed by atoms with van der Waals surface area (Å²) in [5.74, 6) is 1.10. The van der Waals surface area contributed by atoms with E-state index in [2.05, 4.69) is 24.5 Å². The summed E-state index contributed by atoms with van der Waals surface area (Å²) in [6.07, 6.45) is 4.83. The fourth-order valence-electron chi connectivity index (χ4n) is 3.75. The number of amides is 2. The molecule has 0 bridgehead atoms. The molecule has 2 amide bonds. The quantitative estimate of drug-likeness (QED) is 0.718. The van der Waals surface area contributed by atoms with Crippen LogP contribution < -0.4 is 15.4 Å². The second kappa shape index (κ2) is 9.13. The Labute approximate surface area is 166 Å². The molecule has 1 aliphatic carbocycles. The SMILES string of the molecule is CCCOc1ccc(C2NC(=O)NC(C)=C2C(=O)OC2CCC(C)CC2)cc1. The smallest absolute Gasteiger partial charge is 0.338 e. The van der Waals surface area contributed by atoms with E-state index >= 15 is 0 Å². The van der Waals surface area contributed by atoms with Gasteiger partial charge in [-0.25, -0.2) is 9.59 Å². The zero-order chi connectivity index (χ0) is 20.1. The molecule has 1 aliphatic heterocycles. The van der Waals surface area contributed by atoms with E-state index in [4.69, 9.17) is 9.47 Å². The summed E-state index contributed by atoms with van der Waals surface area (Å²) in [6.45, 7) is 6.68. The molecule has 1 heterocycles. The van der Waals surface area contributed by atoms with Crippen molar-refractivity contribution in [2.45, 2.75) is 65.0 Å². The molecular formula is C22H30N2O4. The summed E-state index contributed by atoms with van der Waals surface area (Å²) in [5, 5.41) is 5.55. The van der Waals surface area contributed by atoms with Gasteiger partial charge >= 0.3 is 12.0 Å². The maximum Gasteiger partial charge on any atom is 0.338 e. The fourth-order valence-corrected chi connectivity index (χ4v) is 3.75. The van der Waals surface area contributed by atoms with Crippen molar-refractivity contribution in [3.05, 3.63) is 41.1 Å². The van der Waals surface area contributed by atoms with Crippen LogP contribution in [0.5, 0.6) is 5.75 Å². The average molecular weight is 386 g/mol. The number of rotatable bonds is 6. The predicted octanol–water partition coefficient (Wildman–Crippen LogP) is 4.23. The van der Waals surface area contributed by atoms with E-state index < -0.39 is 6.04 Å². The second-order valence-corrected chi connectivity index (χ2v) is 7.77. The first-order chi connectivity index (χ1) is 13.5. The Morgan fingerprint density at radius 1 is 1.14 bits per heavy atom. The van der Waals surface area contributed by atoms with E-state index in [1.54, 1.807) is 6.92 Å². The lowest BCUT2D eigenvalue weighted by Gasteiger charge is -2.31. The fraction of sp³-hybridized carbons (Fsp3) is 0.545. The highest BCUT2D eigenvalue weighted by Gasteiger charge is 2.34. The molecule has 6 nitrogen and oxygen atoms in total. The Morgan fingerprint density at radius 2 is 1.82 bits per heavy atom. The van der Waals surface area contributed by atoms with Crippen LogP contribution in [0.2, 0.25) is 0 Å². The maximum atomic E-state index is 13.0. The second-order valence-electron chi connectivity index (χ2n) is 7.77. The highest BCUT2D eigenvalue weighted by atomic mass is 16.5. The van der Waals surface area contributed by atoms with Gasteiger partial charge in [0.2, 0.25) is 0 Å². The lowest BCUT2D eigenvalue weighted by atomic mass is 9.89. The summed E-state index contributed by atoms with van der Waals surface area (Å²) >= 11 is 0. The van der Waals surface area contributed by atoms with Gasteiger partial charge in [-0.2, -0.15) is 0 Å². The molecule has 6 heteroatoms. The maximum absolute atomic E-state index is 13.0. The lowest BCUT2D eigenvalue weighted by Crippen LogP contribution is -2.45. The molecular weight excluding hydrogens is 356 g/mol. The number of urea groups is 1. The van der Waals surface area contributed by atoms with Gasteiger partial charge in [-0.1, -0.05) is 26.0 Å². The minimum atomic E-state index is -0.538. The van der Waals surface area contributed by atoms with Gasteiger partial charge in [0.15, 0.2) is 0 Å². The number of carbonyl (C=O) groups excluding carboxylic acids is 2. The standard InChI is InChI=1S/C22H30N2O4/c1-4-13-27-17-11-7-16(8-12-17)20-19(15(3)23-22(26)24-20)21(25)28-18-9-5-14(2)6-10-18/h7-8,11-12,14,18,20H,4-6,9-10,13H2,1-3H3,(H2,23,24,26). The molecule has 1 aromatic carbocycles. The third-order valence-electron chi connectivity index (χ3n) is 5.41. The molecule has 152 valence electrons. The van der Waals surface area contributed by atoms with Crippen molar-refractivity contribution in [1.82, 2.24) is 10.6 Å². The van der Waals surface area contributed by atoms with E-state index in [1.165, 1.54) is 0 Å². The summed E-state index contributed by atoms with van der Waals surface area (Å²) in [7, 11) is 0. The van der Waals surface area contributed by atoms with E-state index in [9.17, 15) is 9.59 Å². The molecule has 0 saturated heterocycles. The number of esters is 1. The van der Waals surface area contributed by atoms with E-state index in [0.717, 1.165) is 43.4 Å². The van der Waals surface area contributed by atoms with Crippen LogP contribution in [0.1, 0.15) is 64.5 Å². The minimum absolute atomic E-state index is 0.0490. The monoisotopic (exact) mass is 386 g/mol. The molecule has 28 heavy (non-hydrogen) atoms. The summed E-state index contributed by atoms with van der Waals surface area (Å²) in [6, 6.07) is 6.62. The lowest BCUT2D eigenvalue weighted by molar-refractivity contribution is -0.146. The highest BCUT2D eigenvalue weighted by molar-refractivity contribution is 5.95.